The van der Waals surface area contributed by atoms with Gasteiger partial charge in [0, 0.05) is 25.5 Å². The first-order valence-corrected chi connectivity index (χ1v) is 10.7. The molecule has 0 saturated carbocycles. The summed E-state index contributed by atoms with van der Waals surface area (Å²) in [6.07, 6.45) is 3.44. The molecule has 2 aromatic heterocycles. The van der Waals surface area contributed by atoms with Gasteiger partial charge in [-0.2, -0.15) is 0 Å². The highest BCUT2D eigenvalue weighted by Gasteiger charge is 2.14. The van der Waals surface area contributed by atoms with E-state index in [-0.39, 0.29) is 18.1 Å². The normalized spacial score (nSPS) is 10.8. The number of pyridine rings is 1. The van der Waals surface area contributed by atoms with Crippen molar-refractivity contribution in [2.24, 2.45) is 0 Å². The number of para-hydroxylation sites is 2. The van der Waals surface area contributed by atoms with Gasteiger partial charge < -0.3 is 14.8 Å². The first-order chi connectivity index (χ1) is 16.1. The molecule has 0 bridgehead atoms. The average Bonchev–Trinajstić information content (AvgIpc) is 3.12. The molecule has 0 radical (unpaired) electrons. The number of imidazole rings is 1. The smallest absolute Gasteiger partial charge is 0.329 e. The van der Waals surface area contributed by atoms with Gasteiger partial charge in [-0.15, -0.1) is 0 Å². The Labute approximate surface area is 191 Å². The average molecular weight is 447 g/mol. The minimum Gasteiger partial charge on any atom is -0.493 e. The van der Waals surface area contributed by atoms with Crippen LogP contribution < -0.4 is 20.5 Å². The molecule has 2 aromatic carbocycles. The van der Waals surface area contributed by atoms with E-state index in [2.05, 4.69) is 10.3 Å². The number of aromatic nitrogens is 3. The van der Waals surface area contributed by atoms with Gasteiger partial charge in [0.2, 0.25) is 5.91 Å². The van der Waals surface area contributed by atoms with Crippen LogP contribution in [-0.4, -0.2) is 27.1 Å². The van der Waals surface area contributed by atoms with Gasteiger partial charge in [-0.1, -0.05) is 18.2 Å². The number of amides is 1. The summed E-state index contributed by atoms with van der Waals surface area (Å²) in [6.45, 7) is 3.12. The van der Waals surface area contributed by atoms with Gasteiger partial charge in [0.1, 0.15) is 13.2 Å². The molecule has 170 valence electrons. The Morgan fingerprint density at radius 3 is 2.39 bits per heavy atom. The summed E-state index contributed by atoms with van der Waals surface area (Å²) in [4.78, 5) is 29.3. The molecule has 0 fully saturated rings. The van der Waals surface area contributed by atoms with E-state index in [9.17, 15) is 9.59 Å². The van der Waals surface area contributed by atoms with Gasteiger partial charge in [0.05, 0.1) is 18.1 Å². The number of carbonyl (C=O) groups excluding carboxylic acids is 1. The molecule has 0 atom stereocenters. The lowest BCUT2D eigenvalue weighted by molar-refractivity contribution is -0.121. The molecule has 1 amide bonds. The van der Waals surface area contributed by atoms with Crippen molar-refractivity contribution in [3.8, 4) is 11.5 Å². The molecular weight excluding hydrogens is 420 g/mol. The second-order valence-electron chi connectivity index (χ2n) is 7.51. The van der Waals surface area contributed by atoms with Crippen molar-refractivity contribution in [2.75, 3.05) is 7.11 Å². The van der Waals surface area contributed by atoms with Gasteiger partial charge in [0.15, 0.2) is 11.5 Å². The van der Waals surface area contributed by atoms with Crippen LogP contribution in [-0.2, 0) is 31.0 Å². The van der Waals surface area contributed by atoms with Crippen molar-refractivity contribution >= 4 is 16.9 Å². The predicted octanol–water partition coefficient (Wildman–Crippen LogP) is 3.12. The molecule has 0 saturated heterocycles. The maximum absolute atomic E-state index is 12.7. The highest BCUT2D eigenvalue weighted by molar-refractivity contribution is 5.81. The van der Waals surface area contributed by atoms with E-state index in [0.29, 0.717) is 31.2 Å². The van der Waals surface area contributed by atoms with Crippen LogP contribution in [0.15, 0.2) is 71.8 Å². The highest BCUT2D eigenvalue weighted by atomic mass is 16.5. The number of rotatable bonds is 9. The first kappa shape index (κ1) is 22.1. The number of fused-ring (bicyclic) bond motifs is 1. The summed E-state index contributed by atoms with van der Waals surface area (Å²) in [5.41, 5.74) is 3.25. The standard InChI is InChI=1S/C25H26N4O4/c1-3-28-20-6-4-5-7-21(20)29(25(28)31)16-24(30)27-15-19-8-9-22(23(14-19)32-2)33-17-18-10-12-26-13-11-18/h4-14H,3,15-17H2,1-2H3,(H,27,30). The van der Waals surface area contributed by atoms with Crippen molar-refractivity contribution in [3.05, 3.63) is 88.6 Å². The Morgan fingerprint density at radius 1 is 0.970 bits per heavy atom. The second kappa shape index (κ2) is 10.0. The third kappa shape index (κ3) is 4.90. The van der Waals surface area contributed by atoms with Crippen LogP contribution in [0.3, 0.4) is 0 Å². The summed E-state index contributed by atoms with van der Waals surface area (Å²) in [6, 6.07) is 16.8. The van der Waals surface area contributed by atoms with Crippen LogP contribution in [0, 0.1) is 0 Å². The minimum absolute atomic E-state index is 0.0450. The molecule has 1 N–H and O–H groups in total. The number of benzene rings is 2. The van der Waals surface area contributed by atoms with Crippen LogP contribution in [0.5, 0.6) is 11.5 Å². The summed E-state index contributed by atoms with van der Waals surface area (Å²) in [5.74, 6) is 0.953. The molecule has 0 aliphatic heterocycles. The molecule has 33 heavy (non-hydrogen) atoms. The molecule has 8 heteroatoms. The lowest BCUT2D eigenvalue weighted by Gasteiger charge is -2.13. The molecular formula is C25H26N4O4. The van der Waals surface area contributed by atoms with Crippen LogP contribution in [0.2, 0.25) is 0 Å². The van der Waals surface area contributed by atoms with Crippen molar-refractivity contribution in [1.29, 1.82) is 0 Å². The van der Waals surface area contributed by atoms with Crippen LogP contribution in [0.1, 0.15) is 18.1 Å². The van der Waals surface area contributed by atoms with Crippen molar-refractivity contribution in [1.82, 2.24) is 19.4 Å². The SMILES string of the molecule is CCn1c(=O)n(CC(=O)NCc2ccc(OCc3ccncc3)c(OC)c2)c2ccccc21. The number of nitrogens with zero attached hydrogens (tertiary/aromatic N) is 3. The van der Waals surface area contributed by atoms with Gasteiger partial charge >= 0.3 is 5.69 Å². The van der Waals surface area contributed by atoms with E-state index in [1.807, 2.05) is 61.5 Å². The van der Waals surface area contributed by atoms with Gasteiger partial charge in [-0.05, 0) is 54.4 Å². The molecule has 0 aliphatic carbocycles. The number of hydrogen-bond donors (Lipinski definition) is 1. The van der Waals surface area contributed by atoms with E-state index in [1.54, 1.807) is 24.1 Å². The summed E-state index contributed by atoms with van der Waals surface area (Å²) in [5, 5.41) is 2.88. The molecule has 2 heterocycles. The number of ether oxygens (including phenoxy) is 2. The minimum atomic E-state index is -0.243. The van der Waals surface area contributed by atoms with Crippen LogP contribution in [0.25, 0.3) is 11.0 Å². The van der Waals surface area contributed by atoms with Crippen molar-refractivity contribution < 1.29 is 14.3 Å². The van der Waals surface area contributed by atoms with E-state index in [1.165, 1.54) is 4.57 Å². The van der Waals surface area contributed by atoms with Crippen LogP contribution >= 0.6 is 0 Å². The molecule has 0 unspecified atom stereocenters. The third-order valence-corrected chi connectivity index (χ3v) is 5.40. The van der Waals surface area contributed by atoms with Crippen molar-refractivity contribution in [3.63, 3.8) is 0 Å². The topological polar surface area (TPSA) is 87.4 Å². The zero-order chi connectivity index (χ0) is 23.2. The fourth-order valence-electron chi connectivity index (χ4n) is 3.71. The van der Waals surface area contributed by atoms with Crippen LogP contribution in [0.4, 0.5) is 0 Å². The zero-order valence-corrected chi connectivity index (χ0v) is 18.7. The third-order valence-electron chi connectivity index (χ3n) is 5.40. The predicted molar refractivity (Wildman–Crippen MR) is 125 cm³/mol. The van der Waals surface area contributed by atoms with Crippen molar-refractivity contribution in [2.45, 2.75) is 33.2 Å². The molecule has 8 nitrogen and oxygen atoms in total. The summed E-state index contributed by atoms with van der Waals surface area (Å²) in [7, 11) is 1.58. The number of carbonyl (C=O) groups is 1. The maximum atomic E-state index is 12.7. The second-order valence-corrected chi connectivity index (χ2v) is 7.51. The van der Waals surface area contributed by atoms with E-state index in [0.717, 1.165) is 22.2 Å². The molecule has 0 aliphatic rings. The Morgan fingerprint density at radius 2 is 1.70 bits per heavy atom. The quantitative estimate of drug-likeness (QED) is 0.427. The lowest BCUT2D eigenvalue weighted by atomic mass is 10.2. The highest BCUT2D eigenvalue weighted by Crippen LogP contribution is 2.28. The number of aryl methyl sites for hydroxylation is 1. The van der Waals surface area contributed by atoms with E-state index < -0.39 is 0 Å². The summed E-state index contributed by atoms with van der Waals surface area (Å²) >= 11 is 0. The molecule has 0 spiro atoms. The summed E-state index contributed by atoms with van der Waals surface area (Å²) < 4.78 is 14.5. The largest absolute Gasteiger partial charge is 0.493 e. The number of nitrogens with one attached hydrogen (secondary N) is 1. The number of hydrogen-bond acceptors (Lipinski definition) is 5. The molecule has 4 rings (SSSR count). The van der Waals surface area contributed by atoms with Gasteiger partial charge in [-0.25, -0.2) is 4.79 Å². The Bertz CT molecular complexity index is 1310. The zero-order valence-electron chi connectivity index (χ0n) is 18.7. The van der Waals surface area contributed by atoms with E-state index in [4.69, 9.17) is 9.47 Å². The number of methoxy groups -OCH3 is 1. The van der Waals surface area contributed by atoms with E-state index >= 15 is 0 Å². The lowest BCUT2D eigenvalue weighted by Crippen LogP contribution is -2.32. The fraction of sp³-hybridized carbons (Fsp3) is 0.240. The monoisotopic (exact) mass is 446 g/mol. The Balaban J connectivity index is 1.41. The first-order valence-electron chi connectivity index (χ1n) is 10.7. The Kier molecular flexibility index (Phi) is 6.73. The molecule has 4 aromatic rings. The van der Waals surface area contributed by atoms with Gasteiger partial charge in [0.25, 0.3) is 0 Å². The maximum Gasteiger partial charge on any atom is 0.329 e. The van der Waals surface area contributed by atoms with Gasteiger partial charge in [-0.3, -0.25) is 18.9 Å². The fourth-order valence-corrected chi connectivity index (χ4v) is 3.71. The Hall–Kier alpha value is -4.07.